The number of aromatic nitrogens is 1. The molecule has 0 saturated carbocycles. The standard InChI is InChI=1S/C13H18N2O3/c1-2-17-12-6-5-10(8-14-12)13(16)15-9-11-4-3-7-18-11/h5-6,8,11H,2-4,7,9H2,1H3,(H,15,16)/t11-/m1/s1. The molecule has 1 saturated heterocycles. The third kappa shape index (κ3) is 3.43. The molecule has 98 valence electrons. The lowest BCUT2D eigenvalue weighted by atomic mass is 10.2. The Morgan fingerprint density at radius 2 is 2.50 bits per heavy atom. The first-order valence-electron chi connectivity index (χ1n) is 6.28. The second kappa shape index (κ2) is 6.35. The van der Waals surface area contributed by atoms with Crippen LogP contribution in [0, 0.1) is 0 Å². The second-order valence-electron chi connectivity index (χ2n) is 4.16. The van der Waals surface area contributed by atoms with Crippen molar-refractivity contribution in [2.75, 3.05) is 19.8 Å². The van der Waals surface area contributed by atoms with Gasteiger partial charge in [-0.3, -0.25) is 4.79 Å². The summed E-state index contributed by atoms with van der Waals surface area (Å²) in [5, 5.41) is 2.85. The highest BCUT2D eigenvalue weighted by Crippen LogP contribution is 2.11. The van der Waals surface area contributed by atoms with Gasteiger partial charge in [-0.1, -0.05) is 0 Å². The maximum atomic E-state index is 11.8. The predicted molar refractivity (Wildman–Crippen MR) is 66.7 cm³/mol. The largest absolute Gasteiger partial charge is 0.478 e. The predicted octanol–water partition coefficient (Wildman–Crippen LogP) is 1.39. The highest BCUT2D eigenvalue weighted by Gasteiger charge is 2.16. The Hall–Kier alpha value is -1.62. The van der Waals surface area contributed by atoms with Gasteiger partial charge in [0.15, 0.2) is 0 Å². The van der Waals surface area contributed by atoms with Gasteiger partial charge in [-0.2, -0.15) is 0 Å². The Labute approximate surface area is 107 Å². The molecule has 18 heavy (non-hydrogen) atoms. The normalized spacial score (nSPS) is 18.6. The average molecular weight is 250 g/mol. The number of rotatable bonds is 5. The fourth-order valence-electron chi connectivity index (χ4n) is 1.86. The van der Waals surface area contributed by atoms with E-state index in [1.165, 1.54) is 6.20 Å². The number of nitrogens with zero attached hydrogens (tertiary/aromatic N) is 1. The molecule has 1 aromatic rings. The topological polar surface area (TPSA) is 60.5 Å². The van der Waals surface area contributed by atoms with E-state index in [4.69, 9.17) is 9.47 Å². The van der Waals surface area contributed by atoms with Gasteiger partial charge in [0.25, 0.3) is 5.91 Å². The Balaban J connectivity index is 1.83. The van der Waals surface area contributed by atoms with Crippen molar-refractivity contribution in [1.82, 2.24) is 10.3 Å². The molecule has 1 aliphatic rings. The van der Waals surface area contributed by atoms with Crippen LogP contribution in [0.1, 0.15) is 30.1 Å². The summed E-state index contributed by atoms with van der Waals surface area (Å²) < 4.78 is 10.7. The first kappa shape index (κ1) is 12.8. The van der Waals surface area contributed by atoms with Crippen molar-refractivity contribution in [1.29, 1.82) is 0 Å². The van der Waals surface area contributed by atoms with Crippen LogP contribution in [0.4, 0.5) is 0 Å². The molecule has 0 unspecified atom stereocenters. The minimum atomic E-state index is -0.124. The van der Waals surface area contributed by atoms with Gasteiger partial charge >= 0.3 is 0 Å². The van der Waals surface area contributed by atoms with Gasteiger partial charge in [-0.15, -0.1) is 0 Å². The van der Waals surface area contributed by atoms with Gasteiger partial charge in [0.2, 0.25) is 5.88 Å². The third-order valence-corrected chi connectivity index (χ3v) is 2.81. The zero-order chi connectivity index (χ0) is 12.8. The number of amides is 1. The molecule has 1 aliphatic heterocycles. The van der Waals surface area contributed by atoms with E-state index in [1.54, 1.807) is 12.1 Å². The van der Waals surface area contributed by atoms with Gasteiger partial charge < -0.3 is 14.8 Å². The summed E-state index contributed by atoms with van der Waals surface area (Å²) in [6.07, 6.45) is 3.77. The Morgan fingerprint density at radius 1 is 1.61 bits per heavy atom. The number of hydrogen-bond donors (Lipinski definition) is 1. The summed E-state index contributed by atoms with van der Waals surface area (Å²) >= 11 is 0. The first-order valence-corrected chi connectivity index (χ1v) is 6.28. The van der Waals surface area contributed by atoms with Crippen molar-refractivity contribution in [3.05, 3.63) is 23.9 Å². The molecule has 0 bridgehead atoms. The smallest absolute Gasteiger partial charge is 0.252 e. The molecule has 5 heteroatoms. The lowest BCUT2D eigenvalue weighted by Gasteiger charge is -2.10. The van der Waals surface area contributed by atoms with E-state index < -0.39 is 0 Å². The molecular formula is C13H18N2O3. The van der Waals surface area contributed by atoms with E-state index >= 15 is 0 Å². The van der Waals surface area contributed by atoms with Crippen molar-refractivity contribution in [2.24, 2.45) is 0 Å². The van der Waals surface area contributed by atoms with Crippen LogP contribution in [0.5, 0.6) is 5.88 Å². The molecule has 0 spiro atoms. The number of pyridine rings is 1. The summed E-state index contributed by atoms with van der Waals surface area (Å²) in [7, 11) is 0. The third-order valence-electron chi connectivity index (χ3n) is 2.81. The molecule has 5 nitrogen and oxygen atoms in total. The van der Waals surface area contributed by atoms with Gasteiger partial charge in [0.1, 0.15) is 0 Å². The second-order valence-corrected chi connectivity index (χ2v) is 4.16. The highest BCUT2D eigenvalue weighted by atomic mass is 16.5. The first-order chi connectivity index (χ1) is 8.79. The molecule has 1 N–H and O–H groups in total. The minimum Gasteiger partial charge on any atom is -0.478 e. The summed E-state index contributed by atoms with van der Waals surface area (Å²) in [6.45, 7) is 3.82. The van der Waals surface area contributed by atoms with Crippen LogP contribution in [-0.4, -0.2) is 36.8 Å². The zero-order valence-corrected chi connectivity index (χ0v) is 10.5. The molecule has 1 atom stereocenters. The zero-order valence-electron chi connectivity index (χ0n) is 10.5. The molecule has 2 heterocycles. The van der Waals surface area contributed by atoms with E-state index in [1.807, 2.05) is 6.92 Å². The van der Waals surface area contributed by atoms with Crippen LogP contribution in [0.2, 0.25) is 0 Å². The van der Waals surface area contributed by atoms with Crippen LogP contribution in [-0.2, 0) is 4.74 Å². The van der Waals surface area contributed by atoms with E-state index in [-0.39, 0.29) is 12.0 Å². The maximum Gasteiger partial charge on any atom is 0.252 e. The number of carbonyl (C=O) groups excluding carboxylic acids is 1. The minimum absolute atomic E-state index is 0.124. The van der Waals surface area contributed by atoms with Crippen molar-refractivity contribution in [2.45, 2.75) is 25.9 Å². The lowest BCUT2D eigenvalue weighted by molar-refractivity contribution is 0.0857. The summed E-state index contributed by atoms with van der Waals surface area (Å²) in [5.74, 6) is 0.411. The fraction of sp³-hybridized carbons (Fsp3) is 0.538. The summed E-state index contributed by atoms with van der Waals surface area (Å²) in [4.78, 5) is 15.9. The van der Waals surface area contributed by atoms with Crippen LogP contribution < -0.4 is 10.1 Å². The Kier molecular flexibility index (Phi) is 4.52. The summed E-state index contributed by atoms with van der Waals surface area (Å²) in [5.41, 5.74) is 0.538. The van der Waals surface area contributed by atoms with E-state index in [9.17, 15) is 4.79 Å². The average Bonchev–Trinajstić information content (AvgIpc) is 2.90. The molecule has 0 aliphatic carbocycles. The van der Waals surface area contributed by atoms with E-state index in [2.05, 4.69) is 10.3 Å². The van der Waals surface area contributed by atoms with Gasteiger partial charge in [-0.05, 0) is 25.8 Å². The van der Waals surface area contributed by atoms with Crippen molar-refractivity contribution in [3.8, 4) is 5.88 Å². The van der Waals surface area contributed by atoms with Gasteiger partial charge in [0, 0.05) is 25.4 Å². The van der Waals surface area contributed by atoms with Crippen LogP contribution in [0.25, 0.3) is 0 Å². The molecule has 1 amide bonds. The van der Waals surface area contributed by atoms with Gasteiger partial charge in [0.05, 0.1) is 18.3 Å². The molecule has 0 radical (unpaired) electrons. The molecule has 2 rings (SSSR count). The molecule has 0 aromatic carbocycles. The van der Waals surface area contributed by atoms with Crippen molar-refractivity contribution >= 4 is 5.91 Å². The SMILES string of the molecule is CCOc1ccc(C(=O)NC[C@H]2CCCO2)cn1. The van der Waals surface area contributed by atoms with Crippen LogP contribution in [0.3, 0.4) is 0 Å². The van der Waals surface area contributed by atoms with Crippen LogP contribution in [0.15, 0.2) is 18.3 Å². The maximum absolute atomic E-state index is 11.8. The Morgan fingerprint density at radius 3 is 3.11 bits per heavy atom. The van der Waals surface area contributed by atoms with Gasteiger partial charge in [-0.25, -0.2) is 4.98 Å². The quantitative estimate of drug-likeness (QED) is 0.858. The number of hydrogen-bond acceptors (Lipinski definition) is 4. The lowest BCUT2D eigenvalue weighted by Crippen LogP contribution is -2.31. The number of ether oxygens (including phenoxy) is 2. The fourth-order valence-corrected chi connectivity index (χ4v) is 1.86. The summed E-state index contributed by atoms with van der Waals surface area (Å²) in [6, 6.07) is 3.41. The number of carbonyl (C=O) groups is 1. The number of nitrogens with one attached hydrogen (secondary N) is 1. The highest BCUT2D eigenvalue weighted by molar-refractivity contribution is 5.93. The molecule has 1 fully saturated rings. The molecule has 1 aromatic heterocycles. The Bertz CT molecular complexity index is 386. The van der Waals surface area contributed by atoms with Crippen LogP contribution >= 0.6 is 0 Å². The van der Waals surface area contributed by atoms with Crippen molar-refractivity contribution < 1.29 is 14.3 Å². The van der Waals surface area contributed by atoms with Crippen molar-refractivity contribution in [3.63, 3.8) is 0 Å². The molecular weight excluding hydrogens is 232 g/mol. The van der Waals surface area contributed by atoms with E-state index in [0.29, 0.717) is 24.6 Å². The van der Waals surface area contributed by atoms with E-state index in [0.717, 1.165) is 19.4 Å². The monoisotopic (exact) mass is 250 g/mol.